The number of likely N-dealkylation sites (tertiary alicyclic amines) is 1. The number of halogens is 1. The molecule has 3 N–H and O–H groups in total. The highest BCUT2D eigenvalue weighted by atomic mass is 19.1. The first-order valence-corrected chi connectivity index (χ1v) is 8.36. The summed E-state index contributed by atoms with van der Waals surface area (Å²) in [6.45, 7) is 3.78. The maximum atomic E-state index is 14.0. The summed E-state index contributed by atoms with van der Waals surface area (Å²) in [5.74, 6) is 0.144. The third-order valence-electron chi connectivity index (χ3n) is 4.39. The molecule has 0 amide bonds. The second-order valence-corrected chi connectivity index (χ2v) is 6.46. The van der Waals surface area contributed by atoms with Crippen molar-refractivity contribution in [3.63, 3.8) is 0 Å². The number of hydrogen-bond acceptors (Lipinski definition) is 5. The van der Waals surface area contributed by atoms with Gasteiger partial charge in [-0.2, -0.15) is 0 Å². The zero-order valence-electron chi connectivity index (χ0n) is 13.3. The Hall–Kier alpha value is -1.37. The van der Waals surface area contributed by atoms with E-state index in [2.05, 4.69) is 4.90 Å². The van der Waals surface area contributed by atoms with Gasteiger partial charge in [0.25, 0.3) is 0 Å². The van der Waals surface area contributed by atoms with Crippen LogP contribution in [-0.2, 0) is 6.42 Å². The molecule has 2 heterocycles. The molecule has 128 valence electrons. The highest BCUT2D eigenvalue weighted by molar-refractivity contribution is 5.45. The van der Waals surface area contributed by atoms with E-state index >= 15 is 0 Å². The molecule has 2 aliphatic rings. The average Bonchev–Trinajstić information content (AvgIpc) is 2.99. The predicted molar refractivity (Wildman–Crippen MR) is 85.4 cm³/mol. The van der Waals surface area contributed by atoms with E-state index in [-0.39, 0.29) is 11.8 Å². The van der Waals surface area contributed by atoms with Crippen molar-refractivity contribution in [3.05, 3.63) is 23.5 Å². The van der Waals surface area contributed by atoms with E-state index in [9.17, 15) is 9.50 Å². The van der Waals surface area contributed by atoms with Crippen molar-refractivity contribution < 1.29 is 19.0 Å². The van der Waals surface area contributed by atoms with Crippen molar-refractivity contribution in [2.24, 2.45) is 5.73 Å². The van der Waals surface area contributed by atoms with E-state index in [1.54, 1.807) is 6.07 Å². The van der Waals surface area contributed by atoms with Gasteiger partial charge < -0.3 is 25.2 Å². The Morgan fingerprint density at radius 3 is 2.74 bits per heavy atom. The number of rotatable bonds is 6. The minimum absolute atomic E-state index is 0.0647. The lowest BCUT2D eigenvalue weighted by Crippen LogP contribution is -2.38. The lowest BCUT2D eigenvalue weighted by Gasteiger charge is -2.23. The summed E-state index contributed by atoms with van der Waals surface area (Å²) in [4.78, 5) is 2.33. The fraction of sp³-hybridized carbons (Fsp3) is 0.647. The van der Waals surface area contributed by atoms with Gasteiger partial charge in [-0.15, -0.1) is 0 Å². The molecule has 0 bridgehead atoms. The van der Waals surface area contributed by atoms with Crippen molar-refractivity contribution in [3.8, 4) is 11.5 Å². The van der Waals surface area contributed by atoms with E-state index in [1.807, 2.05) is 0 Å². The summed E-state index contributed by atoms with van der Waals surface area (Å²) in [6, 6.07) is 3.08. The molecule has 1 aromatic carbocycles. The Morgan fingerprint density at radius 2 is 1.96 bits per heavy atom. The van der Waals surface area contributed by atoms with Crippen LogP contribution in [-0.4, -0.2) is 55.0 Å². The summed E-state index contributed by atoms with van der Waals surface area (Å²) in [7, 11) is 0. The zero-order valence-corrected chi connectivity index (χ0v) is 13.3. The molecule has 3 rings (SSSR count). The molecular formula is C17H25FN2O3. The Labute approximate surface area is 136 Å². The van der Waals surface area contributed by atoms with Crippen molar-refractivity contribution in [2.75, 3.05) is 32.8 Å². The Bertz CT molecular complexity index is 535. The number of hydrogen-bond donors (Lipinski definition) is 2. The minimum atomic E-state index is -0.588. The van der Waals surface area contributed by atoms with Gasteiger partial charge in [-0.3, -0.25) is 0 Å². The second kappa shape index (κ2) is 7.47. The molecule has 0 radical (unpaired) electrons. The molecule has 0 aromatic heterocycles. The summed E-state index contributed by atoms with van der Waals surface area (Å²) in [5.41, 5.74) is 6.83. The molecule has 2 aliphatic heterocycles. The lowest BCUT2D eigenvalue weighted by atomic mass is 10.0. The van der Waals surface area contributed by atoms with Crippen molar-refractivity contribution in [1.29, 1.82) is 0 Å². The van der Waals surface area contributed by atoms with Gasteiger partial charge in [0.15, 0.2) is 17.3 Å². The molecule has 1 saturated heterocycles. The van der Waals surface area contributed by atoms with Crippen LogP contribution in [0, 0.1) is 5.82 Å². The summed E-state index contributed by atoms with van der Waals surface area (Å²) >= 11 is 0. The second-order valence-electron chi connectivity index (χ2n) is 6.46. The van der Waals surface area contributed by atoms with Crippen LogP contribution in [0.4, 0.5) is 4.39 Å². The Kier molecular flexibility index (Phi) is 5.35. The van der Waals surface area contributed by atoms with E-state index in [0.29, 0.717) is 37.4 Å². The molecule has 0 aliphatic carbocycles. The van der Waals surface area contributed by atoms with Gasteiger partial charge in [-0.05, 0) is 56.5 Å². The van der Waals surface area contributed by atoms with Crippen LogP contribution in [0.3, 0.4) is 0 Å². The predicted octanol–water partition coefficient (Wildman–Crippen LogP) is 1.31. The molecule has 5 nitrogen and oxygen atoms in total. The van der Waals surface area contributed by atoms with Crippen LogP contribution >= 0.6 is 0 Å². The fourth-order valence-corrected chi connectivity index (χ4v) is 3.36. The first kappa shape index (κ1) is 16.5. The van der Waals surface area contributed by atoms with Crippen LogP contribution in [0.2, 0.25) is 0 Å². The van der Waals surface area contributed by atoms with Gasteiger partial charge in [-0.25, -0.2) is 4.39 Å². The number of aliphatic hydroxyl groups is 1. The number of nitrogens with two attached hydrogens (primary N) is 1. The average molecular weight is 324 g/mol. The molecular weight excluding hydrogens is 299 g/mol. The number of benzene rings is 1. The highest BCUT2D eigenvalue weighted by Crippen LogP contribution is 2.34. The third-order valence-corrected chi connectivity index (χ3v) is 4.39. The first-order valence-electron chi connectivity index (χ1n) is 8.36. The zero-order chi connectivity index (χ0) is 16.2. The highest BCUT2D eigenvalue weighted by Gasteiger charge is 2.21. The van der Waals surface area contributed by atoms with Gasteiger partial charge in [-0.1, -0.05) is 0 Å². The smallest absolute Gasteiger partial charge is 0.197 e. The normalized spacial score (nSPS) is 20.5. The molecule has 1 fully saturated rings. The lowest BCUT2D eigenvalue weighted by molar-refractivity contribution is 0.146. The molecule has 23 heavy (non-hydrogen) atoms. The van der Waals surface area contributed by atoms with Crippen LogP contribution in [0.5, 0.6) is 11.5 Å². The van der Waals surface area contributed by atoms with Crippen molar-refractivity contribution in [2.45, 2.75) is 37.8 Å². The van der Waals surface area contributed by atoms with Crippen molar-refractivity contribution >= 4 is 0 Å². The van der Waals surface area contributed by atoms with Crippen LogP contribution in [0.25, 0.3) is 0 Å². The van der Waals surface area contributed by atoms with Crippen molar-refractivity contribution in [1.82, 2.24) is 4.90 Å². The summed E-state index contributed by atoms with van der Waals surface area (Å²) < 4.78 is 24.7. The SMILES string of the molecule is N[C@@H](CC(O)Cc1cc(F)c2c(c1)OCCO2)CN1CCCC1. The minimum Gasteiger partial charge on any atom is -0.486 e. The Balaban J connectivity index is 1.54. The maximum Gasteiger partial charge on any atom is 0.197 e. The van der Waals surface area contributed by atoms with E-state index in [0.717, 1.165) is 19.6 Å². The largest absolute Gasteiger partial charge is 0.486 e. The maximum absolute atomic E-state index is 14.0. The number of ether oxygens (including phenoxy) is 2. The summed E-state index contributed by atoms with van der Waals surface area (Å²) in [5, 5.41) is 10.2. The molecule has 0 saturated carbocycles. The number of nitrogens with zero attached hydrogens (tertiary/aromatic N) is 1. The van der Waals surface area contributed by atoms with Crippen LogP contribution in [0.1, 0.15) is 24.8 Å². The monoisotopic (exact) mass is 324 g/mol. The fourth-order valence-electron chi connectivity index (χ4n) is 3.36. The van der Waals surface area contributed by atoms with Gasteiger partial charge in [0.2, 0.25) is 0 Å². The number of fused-ring (bicyclic) bond motifs is 1. The molecule has 1 aromatic rings. The van der Waals surface area contributed by atoms with Crippen LogP contribution < -0.4 is 15.2 Å². The molecule has 0 spiro atoms. The first-order chi connectivity index (χ1) is 11.1. The molecule has 6 heteroatoms. The molecule has 2 atom stereocenters. The number of aliphatic hydroxyl groups excluding tert-OH is 1. The standard InChI is InChI=1S/C17H25FN2O3/c18-15-8-12(9-16-17(15)23-6-5-22-16)7-14(21)10-13(19)11-20-3-1-2-4-20/h8-9,13-14,21H,1-7,10-11,19H2/t13-,14?/m0/s1. The van der Waals surface area contributed by atoms with Gasteiger partial charge in [0, 0.05) is 12.6 Å². The summed E-state index contributed by atoms with van der Waals surface area (Å²) in [6.07, 6.45) is 2.74. The third kappa shape index (κ3) is 4.34. The van der Waals surface area contributed by atoms with Crippen LogP contribution in [0.15, 0.2) is 12.1 Å². The van der Waals surface area contributed by atoms with Gasteiger partial charge in [0.05, 0.1) is 6.10 Å². The van der Waals surface area contributed by atoms with E-state index < -0.39 is 11.9 Å². The quantitative estimate of drug-likeness (QED) is 0.826. The van der Waals surface area contributed by atoms with Gasteiger partial charge in [0.1, 0.15) is 13.2 Å². The Morgan fingerprint density at radius 1 is 1.22 bits per heavy atom. The topological polar surface area (TPSA) is 68.0 Å². The van der Waals surface area contributed by atoms with Gasteiger partial charge >= 0.3 is 0 Å². The van der Waals surface area contributed by atoms with E-state index in [1.165, 1.54) is 18.9 Å². The molecule has 1 unspecified atom stereocenters. The van der Waals surface area contributed by atoms with E-state index in [4.69, 9.17) is 15.2 Å².